The molecule has 16 heavy (non-hydrogen) atoms. The molecule has 6 nitrogen and oxygen atoms in total. The summed E-state index contributed by atoms with van der Waals surface area (Å²) >= 11 is 0. The second kappa shape index (κ2) is 10.5. The second-order valence-corrected chi connectivity index (χ2v) is 3.02. The molecule has 0 aliphatic heterocycles. The van der Waals surface area contributed by atoms with Crippen LogP contribution in [0.4, 0.5) is 0 Å². The number of ketones is 1. The van der Waals surface area contributed by atoms with Gasteiger partial charge >= 0.3 is 5.97 Å². The highest BCUT2D eigenvalue weighted by Crippen LogP contribution is 1.84. The van der Waals surface area contributed by atoms with Gasteiger partial charge in [-0.25, -0.2) is 4.79 Å². The number of ether oxygens (including phenoxy) is 4. The van der Waals surface area contributed by atoms with Crippen molar-refractivity contribution in [2.24, 2.45) is 0 Å². The van der Waals surface area contributed by atoms with Crippen LogP contribution in [0.1, 0.15) is 6.92 Å². The number of carbonyl (C=O) groups excluding carboxylic acids is 2. The number of Topliss-reactive ketones (excluding diaryl/α,β-unsaturated/α-hetero) is 1. The summed E-state index contributed by atoms with van der Waals surface area (Å²) in [6.45, 7) is 2.52. The maximum absolute atomic E-state index is 11.0. The first-order valence-corrected chi connectivity index (χ1v) is 4.96. The van der Waals surface area contributed by atoms with E-state index in [9.17, 15) is 9.59 Å². The van der Waals surface area contributed by atoms with E-state index in [1.165, 1.54) is 14.0 Å². The summed E-state index contributed by atoms with van der Waals surface area (Å²) in [7, 11) is 1.52. The lowest BCUT2D eigenvalue weighted by Crippen LogP contribution is -2.17. The Balaban J connectivity index is 3.18. The van der Waals surface area contributed by atoms with Crippen LogP contribution in [0.3, 0.4) is 0 Å². The Morgan fingerprint density at radius 2 is 1.56 bits per heavy atom. The van der Waals surface area contributed by atoms with Gasteiger partial charge in [-0.2, -0.15) is 0 Å². The molecule has 0 spiro atoms. The monoisotopic (exact) mass is 234 g/mol. The van der Waals surface area contributed by atoms with Gasteiger partial charge in [0.05, 0.1) is 19.8 Å². The third-order valence-corrected chi connectivity index (χ3v) is 1.45. The number of esters is 1. The molecule has 0 saturated carbocycles. The summed E-state index contributed by atoms with van der Waals surface area (Å²) in [5.41, 5.74) is 0. The Kier molecular flexibility index (Phi) is 9.89. The molecule has 0 fully saturated rings. The zero-order chi connectivity index (χ0) is 12.2. The molecule has 0 aliphatic rings. The molecule has 0 N–H and O–H groups in total. The molecule has 0 bridgehead atoms. The number of hydrogen-bond acceptors (Lipinski definition) is 6. The SMILES string of the molecule is COCCOC(=O)COCCOCC(C)=O. The van der Waals surface area contributed by atoms with Gasteiger partial charge in [0.1, 0.15) is 19.8 Å². The lowest BCUT2D eigenvalue weighted by atomic mass is 10.5. The van der Waals surface area contributed by atoms with Gasteiger partial charge in [0, 0.05) is 7.11 Å². The fourth-order valence-electron chi connectivity index (χ4n) is 0.770. The highest BCUT2D eigenvalue weighted by atomic mass is 16.6. The van der Waals surface area contributed by atoms with Crippen LogP contribution in [-0.2, 0) is 28.5 Å². The van der Waals surface area contributed by atoms with Crippen molar-refractivity contribution < 1.29 is 28.5 Å². The van der Waals surface area contributed by atoms with Crippen molar-refractivity contribution in [3.63, 3.8) is 0 Å². The summed E-state index contributed by atoms with van der Waals surface area (Å²) in [6, 6.07) is 0. The maximum Gasteiger partial charge on any atom is 0.332 e. The molecular weight excluding hydrogens is 216 g/mol. The van der Waals surface area contributed by atoms with Gasteiger partial charge in [-0.15, -0.1) is 0 Å². The van der Waals surface area contributed by atoms with E-state index in [2.05, 4.69) is 0 Å². The zero-order valence-electron chi connectivity index (χ0n) is 9.69. The van der Waals surface area contributed by atoms with Crippen LogP contribution in [-0.4, -0.2) is 58.5 Å². The molecule has 94 valence electrons. The molecule has 0 saturated heterocycles. The van der Waals surface area contributed by atoms with Gasteiger partial charge in [0.2, 0.25) is 0 Å². The van der Waals surface area contributed by atoms with E-state index in [-0.39, 0.29) is 38.8 Å². The fourth-order valence-corrected chi connectivity index (χ4v) is 0.770. The normalized spacial score (nSPS) is 10.1. The van der Waals surface area contributed by atoms with Gasteiger partial charge in [0.15, 0.2) is 5.78 Å². The Bertz CT molecular complexity index is 203. The average molecular weight is 234 g/mol. The van der Waals surface area contributed by atoms with E-state index in [1.54, 1.807) is 0 Å². The van der Waals surface area contributed by atoms with Crippen LogP contribution < -0.4 is 0 Å². The molecule has 6 heteroatoms. The van der Waals surface area contributed by atoms with Crippen LogP contribution in [0.15, 0.2) is 0 Å². The molecule has 0 aliphatic carbocycles. The lowest BCUT2D eigenvalue weighted by Gasteiger charge is -2.05. The smallest absolute Gasteiger partial charge is 0.332 e. The van der Waals surface area contributed by atoms with Crippen LogP contribution in [0.25, 0.3) is 0 Å². The molecule has 0 heterocycles. The van der Waals surface area contributed by atoms with Crippen molar-refractivity contribution in [3.8, 4) is 0 Å². The Labute approximate surface area is 94.8 Å². The Morgan fingerprint density at radius 3 is 2.12 bits per heavy atom. The molecule has 0 aromatic carbocycles. The standard InChI is InChI=1S/C10H18O6/c1-9(11)7-14-4-5-15-8-10(12)16-6-3-13-2/h3-8H2,1-2H3. The van der Waals surface area contributed by atoms with Gasteiger partial charge in [-0.1, -0.05) is 0 Å². The molecule has 0 radical (unpaired) electrons. The highest BCUT2D eigenvalue weighted by molar-refractivity contribution is 5.76. The summed E-state index contributed by atoms with van der Waals surface area (Å²) < 4.78 is 19.3. The molecule has 0 amide bonds. The van der Waals surface area contributed by atoms with E-state index in [0.29, 0.717) is 6.61 Å². The molecule has 0 rings (SSSR count). The number of methoxy groups -OCH3 is 1. The zero-order valence-corrected chi connectivity index (χ0v) is 9.69. The summed E-state index contributed by atoms with van der Waals surface area (Å²) in [5.74, 6) is -0.484. The van der Waals surface area contributed by atoms with Crippen molar-refractivity contribution in [3.05, 3.63) is 0 Å². The quantitative estimate of drug-likeness (QED) is 0.385. The molecule has 0 aromatic rings. The first-order valence-electron chi connectivity index (χ1n) is 4.96. The van der Waals surface area contributed by atoms with Crippen molar-refractivity contribution in [2.75, 3.05) is 46.8 Å². The number of rotatable bonds is 10. The average Bonchev–Trinajstić information content (AvgIpc) is 2.23. The Morgan fingerprint density at radius 1 is 0.938 bits per heavy atom. The van der Waals surface area contributed by atoms with Crippen LogP contribution >= 0.6 is 0 Å². The van der Waals surface area contributed by atoms with E-state index < -0.39 is 5.97 Å². The minimum Gasteiger partial charge on any atom is -0.462 e. The predicted molar refractivity (Wildman–Crippen MR) is 55.2 cm³/mol. The minimum absolute atomic E-state index is 0.0426. The maximum atomic E-state index is 11.0. The third-order valence-electron chi connectivity index (χ3n) is 1.45. The van der Waals surface area contributed by atoms with Crippen molar-refractivity contribution in [2.45, 2.75) is 6.92 Å². The number of hydrogen-bond donors (Lipinski definition) is 0. The first kappa shape index (κ1) is 15.0. The fraction of sp³-hybridized carbons (Fsp3) is 0.800. The molecule has 0 aromatic heterocycles. The van der Waals surface area contributed by atoms with Gasteiger partial charge < -0.3 is 18.9 Å². The first-order chi connectivity index (χ1) is 7.66. The minimum atomic E-state index is -0.441. The summed E-state index contributed by atoms with van der Waals surface area (Å²) in [4.78, 5) is 21.4. The summed E-state index contributed by atoms with van der Waals surface area (Å²) in [6.07, 6.45) is 0. The largest absolute Gasteiger partial charge is 0.462 e. The highest BCUT2D eigenvalue weighted by Gasteiger charge is 2.02. The van der Waals surface area contributed by atoms with E-state index in [0.717, 1.165) is 0 Å². The van der Waals surface area contributed by atoms with Gasteiger partial charge in [0.25, 0.3) is 0 Å². The topological polar surface area (TPSA) is 71.1 Å². The van der Waals surface area contributed by atoms with E-state index in [4.69, 9.17) is 18.9 Å². The van der Waals surface area contributed by atoms with Gasteiger partial charge in [-0.05, 0) is 6.92 Å². The number of carbonyl (C=O) groups is 2. The summed E-state index contributed by atoms with van der Waals surface area (Å²) in [5, 5.41) is 0. The Hall–Kier alpha value is -0.980. The third kappa shape index (κ3) is 11.1. The predicted octanol–water partition coefficient (Wildman–Crippen LogP) is -0.202. The van der Waals surface area contributed by atoms with E-state index in [1.807, 2.05) is 0 Å². The van der Waals surface area contributed by atoms with Crippen LogP contribution in [0.5, 0.6) is 0 Å². The van der Waals surface area contributed by atoms with E-state index >= 15 is 0 Å². The van der Waals surface area contributed by atoms with Crippen LogP contribution in [0, 0.1) is 0 Å². The lowest BCUT2D eigenvalue weighted by molar-refractivity contribution is -0.150. The molecule has 0 unspecified atom stereocenters. The van der Waals surface area contributed by atoms with Crippen molar-refractivity contribution >= 4 is 11.8 Å². The van der Waals surface area contributed by atoms with Crippen molar-refractivity contribution in [1.29, 1.82) is 0 Å². The van der Waals surface area contributed by atoms with Gasteiger partial charge in [-0.3, -0.25) is 4.79 Å². The molecule has 0 atom stereocenters. The second-order valence-electron chi connectivity index (χ2n) is 3.02. The van der Waals surface area contributed by atoms with Crippen LogP contribution in [0.2, 0.25) is 0 Å². The van der Waals surface area contributed by atoms with Crippen molar-refractivity contribution in [1.82, 2.24) is 0 Å². The molecular formula is C10H18O6.